The van der Waals surface area contributed by atoms with Crippen LogP contribution in [0.25, 0.3) is 0 Å². The van der Waals surface area contributed by atoms with Gasteiger partial charge in [0.2, 0.25) is 0 Å². The molecule has 1 fully saturated rings. The van der Waals surface area contributed by atoms with E-state index in [0.717, 1.165) is 24.2 Å². The van der Waals surface area contributed by atoms with Crippen LogP contribution in [0.2, 0.25) is 0 Å². The summed E-state index contributed by atoms with van der Waals surface area (Å²) >= 11 is 0. The van der Waals surface area contributed by atoms with E-state index in [1.807, 2.05) is 0 Å². The van der Waals surface area contributed by atoms with Crippen molar-refractivity contribution in [3.8, 4) is 12.3 Å². The van der Waals surface area contributed by atoms with Crippen LogP contribution in [-0.4, -0.2) is 13.1 Å². The molecule has 1 heteroatoms. The molecule has 0 saturated heterocycles. The van der Waals surface area contributed by atoms with Gasteiger partial charge in [0.05, 0.1) is 0 Å². The minimum Gasteiger partial charge on any atom is -0.316 e. The SMILES string of the molecule is C#CCCCC1CC(CC)CCC1CNCCC. The van der Waals surface area contributed by atoms with Gasteiger partial charge in [-0.25, -0.2) is 0 Å². The van der Waals surface area contributed by atoms with E-state index >= 15 is 0 Å². The summed E-state index contributed by atoms with van der Waals surface area (Å²) in [6.07, 6.45) is 15.8. The molecule has 1 aliphatic rings. The zero-order valence-electron chi connectivity index (χ0n) is 12.4. The Bertz CT molecular complexity index is 238. The Morgan fingerprint density at radius 1 is 1.22 bits per heavy atom. The molecule has 0 spiro atoms. The fourth-order valence-electron chi connectivity index (χ4n) is 3.35. The van der Waals surface area contributed by atoms with Crippen LogP contribution in [0.3, 0.4) is 0 Å². The molecule has 1 N–H and O–H groups in total. The third-order valence-electron chi connectivity index (χ3n) is 4.56. The Balaban J connectivity index is 2.38. The molecular formula is C17H31N. The first-order valence-corrected chi connectivity index (χ1v) is 7.95. The highest BCUT2D eigenvalue weighted by atomic mass is 14.9. The molecule has 1 nitrogen and oxygen atoms in total. The van der Waals surface area contributed by atoms with Crippen molar-refractivity contribution in [2.45, 2.75) is 65.2 Å². The highest BCUT2D eigenvalue weighted by Gasteiger charge is 2.28. The van der Waals surface area contributed by atoms with Gasteiger partial charge in [0.25, 0.3) is 0 Å². The topological polar surface area (TPSA) is 12.0 Å². The van der Waals surface area contributed by atoms with Gasteiger partial charge >= 0.3 is 0 Å². The predicted octanol–water partition coefficient (Wildman–Crippen LogP) is 4.23. The molecule has 0 bridgehead atoms. The first kappa shape index (κ1) is 15.6. The maximum Gasteiger partial charge on any atom is 0.00861 e. The van der Waals surface area contributed by atoms with Gasteiger partial charge < -0.3 is 5.32 Å². The Hall–Kier alpha value is -0.480. The lowest BCUT2D eigenvalue weighted by Gasteiger charge is -2.36. The van der Waals surface area contributed by atoms with Gasteiger partial charge in [0.1, 0.15) is 0 Å². The van der Waals surface area contributed by atoms with Crippen LogP contribution in [0, 0.1) is 30.1 Å². The van der Waals surface area contributed by atoms with Crippen LogP contribution < -0.4 is 5.32 Å². The van der Waals surface area contributed by atoms with Crippen LogP contribution >= 0.6 is 0 Å². The monoisotopic (exact) mass is 249 g/mol. The highest BCUT2D eigenvalue weighted by molar-refractivity contribution is 4.86. The smallest absolute Gasteiger partial charge is 0.00861 e. The lowest BCUT2D eigenvalue weighted by molar-refractivity contribution is 0.161. The fourth-order valence-corrected chi connectivity index (χ4v) is 3.35. The molecule has 0 aliphatic heterocycles. The lowest BCUT2D eigenvalue weighted by atomic mass is 9.71. The van der Waals surface area contributed by atoms with E-state index in [1.165, 1.54) is 58.0 Å². The summed E-state index contributed by atoms with van der Waals surface area (Å²) in [7, 11) is 0. The Labute approximate surface area is 114 Å². The number of nitrogens with one attached hydrogen (secondary N) is 1. The van der Waals surface area contributed by atoms with Gasteiger partial charge in [0, 0.05) is 6.42 Å². The van der Waals surface area contributed by atoms with Crippen molar-refractivity contribution in [2.24, 2.45) is 17.8 Å². The fraction of sp³-hybridized carbons (Fsp3) is 0.882. The van der Waals surface area contributed by atoms with E-state index in [1.54, 1.807) is 0 Å². The Morgan fingerprint density at radius 2 is 2.06 bits per heavy atom. The first-order chi connectivity index (χ1) is 8.81. The quantitative estimate of drug-likeness (QED) is 0.501. The lowest BCUT2D eigenvalue weighted by Crippen LogP contribution is -2.33. The van der Waals surface area contributed by atoms with E-state index in [0.29, 0.717) is 0 Å². The molecule has 1 saturated carbocycles. The summed E-state index contributed by atoms with van der Waals surface area (Å²) in [6.45, 7) is 6.99. The molecule has 0 aromatic heterocycles. The van der Waals surface area contributed by atoms with Gasteiger partial charge in [-0.1, -0.05) is 26.7 Å². The average Bonchev–Trinajstić information content (AvgIpc) is 2.40. The molecule has 0 aromatic carbocycles. The standard InChI is InChI=1S/C17H31N/c1-4-7-8-9-16-13-15(6-3)10-11-17(16)14-18-12-5-2/h1,15-18H,5-14H2,2-3H3. The molecule has 3 atom stereocenters. The van der Waals surface area contributed by atoms with Crippen molar-refractivity contribution < 1.29 is 0 Å². The van der Waals surface area contributed by atoms with Gasteiger partial charge in [-0.3, -0.25) is 0 Å². The van der Waals surface area contributed by atoms with Crippen molar-refractivity contribution >= 4 is 0 Å². The molecule has 1 aliphatic carbocycles. The van der Waals surface area contributed by atoms with Crippen LogP contribution in [0.15, 0.2) is 0 Å². The molecule has 1 rings (SSSR count). The molecule has 0 aromatic rings. The van der Waals surface area contributed by atoms with E-state index in [4.69, 9.17) is 6.42 Å². The molecule has 0 heterocycles. The average molecular weight is 249 g/mol. The van der Waals surface area contributed by atoms with Crippen LogP contribution in [0.5, 0.6) is 0 Å². The van der Waals surface area contributed by atoms with E-state index in [2.05, 4.69) is 25.1 Å². The van der Waals surface area contributed by atoms with Crippen molar-refractivity contribution in [3.05, 3.63) is 0 Å². The van der Waals surface area contributed by atoms with E-state index in [9.17, 15) is 0 Å². The second-order valence-corrected chi connectivity index (χ2v) is 5.91. The van der Waals surface area contributed by atoms with Crippen LogP contribution in [-0.2, 0) is 0 Å². The number of rotatable bonds is 8. The summed E-state index contributed by atoms with van der Waals surface area (Å²) in [4.78, 5) is 0. The van der Waals surface area contributed by atoms with Gasteiger partial charge in [-0.2, -0.15) is 0 Å². The number of hydrogen-bond donors (Lipinski definition) is 1. The highest BCUT2D eigenvalue weighted by Crippen LogP contribution is 2.37. The third kappa shape index (κ3) is 5.44. The van der Waals surface area contributed by atoms with Crippen molar-refractivity contribution in [2.75, 3.05) is 13.1 Å². The van der Waals surface area contributed by atoms with E-state index < -0.39 is 0 Å². The van der Waals surface area contributed by atoms with Gasteiger partial charge in [0.15, 0.2) is 0 Å². The molecule has 0 amide bonds. The summed E-state index contributed by atoms with van der Waals surface area (Å²) in [6, 6.07) is 0. The number of hydrogen-bond acceptors (Lipinski definition) is 1. The van der Waals surface area contributed by atoms with E-state index in [-0.39, 0.29) is 0 Å². The zero-order chi connectivity index (χ0) is 13.2. The number of terminal acetylenes is 1. The molecule has 0 radical (unpaired) electrons. The minimum atomic E-state index is 0.900. The largest absolute Gasteiger partial charge is 0.316 e. The summed E-state index contributed by atoms with van der Waals surface area (Å²) in [5.74, 6) is 5.58. The Kier molecular flexibility index (Phi) is 8.18. The van der Waals surface area contributed by atoms with Gasteiger partial charge in [-0.05, 0) is 62.9 Å². The molecule has 104 valence electrons. The molecule has 3 unspecified atom stereocenters. The second-order valence-electron chi connectivity index (χ2n) is 5.91. The van der Waals surface area contributed by atoms with Gasteiger partial charge in [-0.15, -0.1) is 12.3 Å². The summed E-state index contributed by atoms with van der Waals surface area (Å²) < 4.78 is 0. The minimum absolute atomic E-state index is 0.900. The van der Waals surface area contributed by atoms with Crippen molar-refractivity contribution in [1.29, 1.82) is 0 Å². The second kappa shape index (κ2) is 9.45. The zero-order valence-corrected chi connectivity index (χ0v) is 12.4. The third-order valence-corrected chi connectivity index (χ3v) is 4.56. The summed E-state index contributed by atoms with van der Waals surface area (Å²) in [5.41, 5.74) is 0. The normalized spacial score (nSPS) is 27.9. The molecule has 18 heavy (non-hydrogen) atoms. The Morgan fingerprint density at radius 3 is 2.72 bits per heavy atom. The number of unbranched alkanes of at least 4 members (excludes halogenated alkanes) is 1. The molecular weight excluding hydrogens is 218 g/mol. The van der Waals surface area contributed by atoms with Crippen molar-refractivity contribution in [3.63, 3.8) is 0 Å². The predicted molar refractivity (Wildman–Crippen MR) is 80.5 cm³/mol. The first-order valence-electron chi connectivity index (χ1n) is 7.95. The maximum absolute atomic E-state index is 5.37. The maximum atomic E-state index is 5.37. The van der Waals surface area contributed by atoms with Crippen LogP contribution in [0.4, 0.5) is 0 Å². The van der Waals surface area contributed by atoms with Crippen LogP contribution in [0.1, 0.15) is 65.2 Å². The van der Waals surface area contributed by atoms with Crippen molar-refractivity contribution in [1.82, 2.24) is 5.32 Å². The summed E-state index contributed by atoms with van der Waals surface area (Å²) in [5, 5.41) is 3.62.